The van der Waals surface area contributed by atoms with Gasteiger partial charge in [-0.05, 0) is 31.1 Å². The van der Waals surface area contributed by atoms with E-state index in [1.165, 1.54) is 25.7 Å². The fourth-order valence-corrected chi connectivity index (χ4v) is 2.96. The minimum absolute atomic E-state index is 0.466. The fourth-order valence-electron chi connectivity index (χ4n) is 2.96. The summed E-state index contributed by atoms with van der Waals surface area (Å²) in [5, 5.41) is 10.0. The molecule has 0 aromatic heterocycles. The van der Waals surface area contributed by atoms with Gasteiger partial charge in [0.2, 0.25) is 0 Å². The molecule has 0 aromatic rings. The van der Waals surface area contributed by atoms with E-state index in [1.54, 1.807) is 0 Å². The molecule has 0 amide bonds. The van der Waals surface area contributed by atoms with Crippen molar-refractivity contribution >= 4 is 0 Å². The van der Waals surface area contributed by atoms with Crippen LogP contribution in [0, 0.1) is 11.8 Å². The Hall–Kier alpha value is -0.0800. The summed E-state index contributed by atoms with van der Waals surface area (Å²) in [6.07, 6.45) is 5.99. The second-order valence-electron chi connectivity index (χ2n) is 4.14. The molecule has 2 aliphatic rings. The van der Waals surface area contributed by atoms with Crippen LogP contribution >= 0.6 is 0 Å². The van der Waals surface area contributed by atoms with E-state index in [0.29, 0.717) is 12.5 Å². The van der Waals surface area contributed by atoms with Gasteiger partial charge in [-0.3, -0.25) is 0 Å². The van der Waals surface area contributed by atoms with Gasteiger partial charge in [0.25, 0.3) is 0 Å². The quantitative estimate of drug-likeness (QED) is 0.590. The third kappa shape index (κ3) is 1.00. The average Bonchev–Trinajstić information content (AvgIpc) is 2.55. The summed E-state index contributed by atoms with van der Waals surface area (Å²) in [6, 6.07) is 0. The van der Waals surface area contributed by atoms with Crippen LogP contribution in [0.1, 0.15) is 32.1 Å². The third-order valence-corrected chi connectivity index (χ3v) is 3.65. The molecule has 64 valence electrons. The van der Waals surface area contributed by atoms with E-state index in [-0.39, 0.29) is 0 Å². The first-order valence-electron chi connectivity index (χ1n) is 4.69. The van der Waals surface area contributed by atoms with Crippen LogP contribution in [0.2, 0.25) is 0 Å². The van der Waals surface area contributed by atoms with Crippen LogP contribution in [0.3, 0.4) is 0 Å². The highest BCUT2D eigenvalue weighted by molar-refractivity contribution is 5.00. The number of hydrogen-bond donors (Lipinski definition) is 2. The molecule has 2 rings (SSSR count). The van der Waals surface area contributed by atoms with Gasteiger partial charge in [-0.2, -0.15) is 0 Å². The zero-order valence-corrected chi connectivity index (χ0v) is 6.92. The molecule has 0 spiro atoms. The monoisotopic (exact) mass is 155 g/mol. The SMILES string of the molecule is NCC1(O)CCC2CCCC21. The zero-order valence-electron chi connectivity index (χ0n) is 6.92. The molecule has 2 aliphatic carbocycles. The second kappa shape index (κ2) is 2.46. The van der Waals surface area contributed by atoms with Gasteiger partial charge >= 0.3 is 0 Å². The van der Waals surface area contributed by atoms with Crippen molar-refractivity contribution < 1.29 is 5.11 Å². The highest BCUT2D eigenvalue weighted by atomic mass is 16.3. The van der Waals surface area contributed by atoms with E-state index in [9.17, 15) is 5.11 Å². The Morgan fingerprint density at radius 1 is 1.36 bits per heavy atom. The molecule has 2 saturated carbocycles. The molecule has 0 aliphatic heterocycles. The molecular formula is C9H17NO. The molecule has 3 unspecified atom stereocenters. The second-order valence-corrected chi connectivity index (χ2v) is 4.14. The minimum Gasteiger partial charge on any atom is -0.388 e. The van der Waals surface area contributed by atoms with Crippen molar-refractivity contribution in [2.75, 3.05) is 6.54 Å². The number of nitrogens with two attached hydrogens (primary N) is 1. The molecule has 2 fully saturated rings. The first-order valence-corrected chi connectivity index (χ1v) is 4.69. The molecule has 3 N–H and O–H groups in total. The minimum atomic E-state index is -0.485. The predicted octanol–water partition coefficient (Wildman–Crippen LogP) is 0.886. The molecule has 0 bridgehead atoms. The van der Waals surface area contributed by atoms with Crippen molar-refractivity contribution in [3.8, 4) is 0 Å². The van der Waals surface area contributed by atoms with Crippen LogP contribution in [0.4, 0.5) is 0 Å². The Kier molecular flexibility index (Phi) is 1.69. The van der Waals surface area contributed by atoms with Crippen molar-refractivity contribution in [2.24, 2.45) is 17.6 Å². The summed E-state index contributed by atoms with van der Waals surface area (Å²) >= 11 is 0. The molecule has 0 aromatic carbocycles. The zero-order chi connectivity index (χ0) is 7.90. The number of fused-ring (bicyclic) bond motifs is 1. The van der Waals surface area contributed by atoms with Crippen molar-refractivity contribution in [3.05, 3.63) is 0 Å². The van der Waals surface area contributed by atoms with Gasteiger partial charge in [-0.1, -0.05) is 12.8 Å². The lowest BCUT2D eigenvalue weighted by Crippen LogP contribution is -2.41. The largest absolute Gasteiger partial charge is 0.388 e. The Balaban J connectivity index is 2.14. The van der Waals surface area contributed by atoms with Gasteiger partial charge in [0.05, 0.1) is 5.60 Å². The smallest absolute Gasteiger partial charge is 0.0800 e. The van der Waals surface area contributed by atoms with E-state index in [2.05, 4.69) is 0 Å². The molecule has 11 heavy (non-hydrogen) atoms. The molecule has 2 heteroatoms. The van der Waals surface area contributed by atoms with Crippen LogP contribution in [0.5, 0.6) is 0 Å². The maximum absolute atomic E-state index is 10.0. The summed E-state index contributed by atoms with van der Waals surface area (Å²) < 4.78 is 0. The topological polar surface area (TPSA) is 46.2 Å². The summed E-state index contributed by atoms with van der Waals surface area (Å²) in [4.78, 5) is 0. The summed E-state index contributed by atoms with van der Waals surface area (Å²) in [5.74, 6) is 1.33. The van der Waals surface area contributed by atoms with Crippen molar-refractivity contribution in [2.45, 2.75) is 37.7 Å². The molecule has 0 heterocycles. The summed E-state index contributed by atoms with van der Waals surface area (Å²) in [6.45, 7) is 0.466. The van der Waals surface area contributed by atoms with Crippen LogP contribution in [-0.2, 0) is 0 Å². The van der Waals surface area contributed by atoms with Gasteiger partial charge in [-0.15, -0.1) is 0 Å². The van der Waals surface area contributed by atoms with Gasteiger partial charge in [0, 0.05) is 6.54 Å². The molecular weight excluding hydrogens is 138 g/mol. The first kappa shape index (κ1) is 7.56. The molecule has 2 nitrogen and oxygen atoms in total. The highest BCUT2D eigenvalue weighted by Gasteiger charge is 2.47. The van der Waals surface area contributed by atoms with Crippen molar-refractivity contribution in [1.29, 1.82) is 0 Å². The Morgan fingerprint density at radius 3 is 2.91 bits per heavy atom. The van der Waals surface area contributed by atoms with Gasteiger partial charge in [0.15, 0.2) is 0 Å². The third-order valence-electron chi connectivity index (χ3n) is 3.65. The van der Waals surface area contributed by atoms with Crippen molar-refractivity contribution in [1.82, 2.24) is 0 Å². The average molecular weight is 155 g/mol. The van der Waals surface area contributed by atoms with Crippen LogP contribution in [0.15, 0.2) is 0 Å². The van der Waals surface area contributed by atoms with E-state index >= 15 is 0 Å². The lowest BCUT2D eigenvalue weighted by atomic mass is 9.88. The van der Waals surface area contributed by atoms with Gasteiger partial charge < -0.3 is 10.8 Å². The van der Waals surface area contributed by atoms with E-state index in [1.807, 2.05) is 0 Å². The van der Waals surface area contributed by atoms with E-state index in [0.717, 1.165) is 12.3 Å². The predicted molar refractivity (Wildman–Crippen MR) is 44.1 cm³/mol. The van der Waals surface area contributed by atoms with Crippen molar-refractivity contribution in [3.63, 3.8) is 0 Å². The normalized spacial score (nSPS) is 49.6. The fraction of sp³-hybridized carbons (Fsp3) is 1.00. The van der Waals surface area contributed by atoms with Gasteiger partial charge in [0.1, 0.15) is 0 Å². The maximum Gasteiger partial charge on any atom is 0.0800 e. The number of aliphatic hydroxyl groups is 1. The lowest BCUT2D eigenvalue weighted by molar-refractivity contribution is 0.00681. The van der Waals surface area contributed by atoms with E-state index < -0.39 is 5.60 Å². The van der Waals surface area contributed by atoms with Gasteiger partial charge in [-0.25, -0.2) is 0 Å². The standard InChI is InChI=1S/C9H17NO/c10-6-9(11)5-4-7-2-1-3-8(7)9/h7-8,11H,1-6,10H2. The molecule has 0 saturated heterocycles. The van der Waals surface area contributed by atoms with Crippen LogP contribution < -0.4 is 5.73 Å². The Bertz CT molecular complexity index is 160. The number of rotatable bonds is 1. The first-order chi connectivity index (χ1) is 5.26. The highest BCUT2D eigenvalue weighted by Crippen LogP contribution is 2.49. The molecule has 3 atom stereocenters. The Morgan fingerprint density at radius 2 is 2.18 bits per heavy atom. The summed E-state index contributed by atoms with van der Waals surface area (Å²) in [7, 11) is 0. The maximum atomic E-state index is 10.0. The van der Waals surface area contributed by atoms with E-state index in [4.69, 9.17) is 5.73 Å². The van der Waals surface area contributed by atoms with Crippen LogP contribution in [-0.4, -0.2) is 17.3 Å². The Labute approximate surface area is 67.8 Å². The summed E-state index contributed by atoms with van der Waals surface area (Å²) in [5.41, 5.74) is 5.09. The number of hydrogen-bond acceptors (Lipinski definition) is 2. The van der Waals surface area contributed by atoms with Crippen LogP contribution in [0.25, 0.3) is 0 Å². The lowest BCUT2D eigenvalue weighted by Gasteiger charge is -2.27. The molecule has 0 radical (unpaired) electrons.